The molecule has 2 aromatic rings. The van der Waals surface area contributed by atoms with Crippen LogP contribution in [0, 0.1) is 5.82 Å². The third-order valence-corrected chi connectivity index (χ3v) is 3.70. The van der Waals surface area contributed by atoms with Gasteiger partial charge in [0.25, 0.3) is 0 Å². The van der Waals surface area contributed by atoms with E-state index in [4.69, 9.17) is 4.74 Å². The van der Waals surface area contributed by atoms with Gasteiger partial charge in [0.15, 0.2) is 0 Å². The monoisotopic (exact) mass is 288 g/mol. The minimum atomic E-state index is -0.245. The molecule has 3 nitrogen and oxygen atoms in total. The molecule has 0 radical (unpaired) electrons. The van der Waals surface area contributed by atoms with Crippen LogP contribution in [0.5, 0.6) is 5.75 Å². The van der Waals surface area contributed by atoms with Crippen LogP contribution in [0.25, 0.3) is 0 Å². The van der Waals surface area contributed by atoms with E-state index in [2.05, 4.69) is 12.2 Å². The summed E-state index contributed by atoms with van der Waals surface area (Å²) >= 11 is 0. The normalized spacial score (nSPS) is 12.0. The Hall–Kier alpha value is -2.07. The van der Waals surface area contributed by atoms with Gasteiger partial charge in [0.05, 0.1) is 12.8 Å². The van der Waals surface area contributed by atoms with E-state index in [1.54, 1.807) is 19.2 Å². The van der Waals surface area contributed by atoms with E-state index in [1.165, 1.54) is 6.07 Å². The molecule has 0 saturated heterocycles. The molecule has 0 fully saturated rings. The summed E-state index contributed by atoms with van der Waals surface area (Å²) in [6.45, 7) is 2.05. The van der Waals surface area contributed by atoms with Crippen molar-refractivity contribution in [3.8, 4) is 5.75 Å². The molecule has 1 N–H and O–H groups in total. The van der Waals surface area contributed by atoms with E-state index in [-0.39, 0.29) is 11.9 Å². The number of hydrogen-bond acceptors (Lipinski definition) is 3. The molecule has 21 heavy (non-hydrogen) atoms. The Kier molecular flexibility index (Phi) is 4.81. The van der Waals surface area contributed by atoms with Crippen LogP contribution in [-0.4, -0.2) is 21.2 Å². The van der Waals surface area contributed by atoms with Gasteiger partial charge in [0.2, 0.25) is 0 Å². The fraction of sp³-hybridized carbons (Fsp3) is 0.294. The molecule has 0 aliphatic heterocycles. The summed E-state index contributed by atoms with van der Waals surface area (Å²) in [5.41, 5.74) is 2.46. The van der Waals surface area contributed by atoms with Gasteiger partial charge in [-0.1, -0.05) is 18.2 Å². The highest BCUT2D eigenvalue weighted by Gasteiger charge is 2.19. The molecule has 112 valence electrons. The molecular weight excluding hydrogens is 267 g/mol. The molecule has 0 bridgehead atoms. The predicted octanol–water partition coefficient (Wildman–Crippen LogP) is 3.88. The maximum atomic E-state index is 14.0. The number of nitrogens with zero attached hydrogens (tertiary/aromatic N) is 1. The summed E-state index contributed by atoms with van der Waals surface area (Å²) < 4.78 is 19.5. The number of rotatable bonds is 5. The highest BCUT2D eigenvalue weighted by Crippen LogP contribution is 2.37. The van der Waals surface area contributed by atoms with Gasteiger partial charge in [-0.05, 0) is 38.2 Å². The van der Waals surface area contributed by atoms with Gasteiger partial charge in [-0.15, -0.1) is 0 Å². The first-order valence-corrected chi connectivity index (χ1v) is 6.92. The topological polar surface area (TPSA) is 24.5 Å². The van der Waals surface area contributed by atoms with Gasteiger partial charge in [0.1, 0.15) is 11.6 Å². The Morgan fingerprint density at radius 2 is 1.76 bits per heavy atom. The zero-order valence-corrected chi connectivity index (χ0v) is 12.9. The number of para-hydroxylation sites is 1. The highest BCUT2D eigenvalue weighted by molar-refractivity contribution is 5.69. The maximum Gasteiger partial charge on any atom is 0.146 e. The predicted molar refractivity (Wildman–Crippen MR) is 84.9 cm³/mol. The summed E-state index contributed by atoms with van der Waals surface area (Å²) in [6.07, 6.45) is 0. The lowest BCUT2D eigenvalue weighted by Gasteiger charge is -2.27. The molecule has 0 aliphatic carbocycles. The Balaban J connectivity index is 2.55. The lowest BCUT2D eigenvalue weighted by molar-refractivity contribution is 0.404. The average Bonchev–Trinajstić information content (AvgIpc) is 2.53. The molecule has 0 heterocycles. The van der Waals surface area contributed by atoms with E-state index in [1.807, 2.05) is 43.3 Å². The van der Waals surface area contributed by atoms with Crippen molar-refractivity contribution in [3.05, 3.63) is 53.8 Å². The molecule has 2 aromatic carbocycles. The van der Waals surface area contributed by atoms with Crippen LogP contribution in [0.4, 0.5) is 15.8 Å². The third kappa shape index (κ3) is 3.00. The van der Waals surface area contributed by atoms with E-state index in [0.29, 0.717) is 5.69 Å². The van der Waals surface area contributed by atoms with Crippen molar-refractivity contribution in [2.45, 2.75) is 13.0 Å². The van der Waals surface area contributed by atoms with Crippen LogP contribution in [0.15, 0.2) is 42.5 Å². The van der Waals surface area contributed by atoms with Gasteiger partial charge in [-0.2, -0.15) is 0 Å². The second kappa shape index (κ2) is 6.59. The summed E-state index contributed by atoms with van der Waals surface area (Å²) in [4.78, 5) is 1.85. The minimum absolute atomic E-state index is 0.0883. The van der Waals surface area contributed by atoms with E-state index >= 15 is 0 Å². The van der Waals surface area contributed by atoms with Crippen LogP contribution >= 0.6 is 0 Å². The van der Waals surface area contributed by atoms with E-state index in [0.717, 1.165) is 17.0 Å². The first-order valence-electron chi connectivity index (χ1n) is 6.92. The lowest BCUT2D eigenvalue weighted by Crippen LogP contribution is -2.19. The average molecular weight is 288 g/mol. The van der Waals surface area contributed by atoms with Crippen molar-refractivity contribution in [2.75, 3.05) is 26.1 Å². The molecule has 0 aliphatic rings. The molecule has 0 aromatic heterocycles. The summed E-state index contributed by atoms with van der Waals surface area (Å²) in [5.74, 6) is 0.545. The molecule has 4 heteroatoms. The Labute approximate surface area is 125 Å². The van der Waals surface area contributed by atoms with Crippen molar-refractivity contribution >= 4 is 11.4 Å². The Morgan fingerprint density at radius 3 is 2.38 bits per heavy atom. The molecule has 1 atom stereocenters. The number of halogens is 1. The van der Waals surface area contributed by atoms with Gasteiger partial charge in [-0.3, -0.25) is 0 Å². The largest absolute Gasteiger partial charge is 0.496 e. The number of ether oxygens (including phenoxy) is 1. The second-order valence-corrected chi connectivity index (χ2v) is 4.91. The molecule has 0 saturated carbocycles. The second-order valence-electron chi connectivity index (χ2n) is 4.91. The van der Waals surface area contributed by atoms with Crippen LogP contribution in [-0.2, 0) is 0 Å². The van der Waals surface area contributed by atoms with E-state index in [9.17, 15) is 4.39 Å². The zero-order chi connectivity index (χ0) is 15.4. The fourth-order valence-electron chi connectivity index (χ4n) is 2.44. The SMILES string of the molecule is CNC(C)c1c(OC)cccc1N(C)c1ccccc1F. The standard InChI is InChI=1S/C17H21FN2O/c1-12(19-2)17-15(10-7-11-16(17)21-4)20(3)14-9-6-5-8-13(14)18/h5-12,19H,1-4H3. The van der Waals surface area contributed by atoms with Crippen LogP contribution in [0.1, 0.15) is 18.5 Å². The van der Waals surface area contributed by atoms with Gasteiger partial charge in [-0.25, -0.2) is 4.39 Å². The van der Waals surface area contributed by atoms with Gasteiger partial charge >= 0.3 is 0 Å². The van der Waals surface area contributed by atoms with Crippen LogP contribution < -0.4 is 15.0 Å². The Morgan fingerprint density at radius 1 is 1.10 bits per heavy atom. The quantitative estimate of drug-likeness (QED) is 0.903. The van der Waals surface area contributed by atoms with Crippen molar-refractivity contribution in [3.63, 3.8) is 0 Å². The molecule has 0 spiro atoms. The van der Waals surface area contributed by atoms with Gasteiger partial charge in [0, 0.05) is 24.3 Å². The summed E-state index contributed by atoms with van der Waals surface area (Å²) in [6, 6.07) is 12.6. The number of anilines is 2. The zero-order valence-electron chi connectivity index (χ0n) is 12.9. The molecular formula is C17H21FN2O. The van der Waals surface area contributed by atoms with Gasteiger partial charge < -0.3 is 15.0 Å². The maximum absolute atomic E-state index is 14.0. The third-order valence-electron chi connectivity index (χ3n) is 3.70. The molecule has 1 unspecified atom stereocenters. The smallest absolute Gasteiger partial charge is 0.146 e. The first-order chi connectivity index (χ1) is 10.1. The van der Waals surface area contributed by atoms with Crippen molar-refractivity contribution < 1.29 is 9.13 Å². The highest BCUT2D eigenvalue weighted by atomic mass is 19.1. The van der Waals surface area contributed by atoms with Crippen molar-refractivity contribution in [1.29, 1.82) is 0 Å². The van der Waals surface area contributed by atoms with Crippen LogP contribution in [0.2, 0.25) is 0 Å². The minimum Gasteiger partial charge on any atom is -0.496 e. The molecule has 2 rings (SSSR count). The molecule has 0 amide bonds. The lowest BCUT2D eigenvalue weighted by atomic mass is 10.0. The Bertz CT molecular complexity index is 615. The van der Waals surface area contributed by atoms with Crippen molar-refractivity contribution in [1.82, 2.24) is 5.32 Å². The first kappa shape index (κ1) is 15.3. The number of benzene rings is 2. The number of nitrogens with one attached hydrogen (secondary N) is 1. The number of methoxy groups -OCH3 is 1. The summed E-state index contributed by atoms with van der Waals surface area (Å²) in [5, 5.41) is 3.22. The van der Waals surface area contributed by atoms with Crippen molar-refractivity contribution in [2.24, 2.45) is 0 Å². The fourth-order valence-corrected chi connectivity index (χ4v) is 2.44. The number of hydrogen-bond donors (Lipinski definition) is 1. The van der Waals surface area contributed by atoms with E-state index < -0.39 is 0 Å². The van der Waals surface area contributed by atoms with Crippen LogP contribution in [0.3, 0.4) is 0 Å². The summed E-state index contributed by atoms with van der Waals surface area (Å²) in [7, 11) is 5.40.